The molecule has 3 N–H and O–H groups in total. The van der Waals surface area contributed by atoms with Crippen LogP contribution >= 0.6 is 0 Å². The van der Waals surface area contributed by atoms with Gasteiger partial charge >= 0.3 is 0 Å². The van der Waals surface area contributed by atoms with Gasteiger partial charge in [-0.2, -0.15) is 0 Å². The van der Waals surface area contributed by atoms with Crippen molar-refractivity contribution in [3.8, 4) is 0 Å². The maximum absolute atomic E-state index is 11.3. The van der Waals surface area contributed by atoms with Gasteiger partial charge in [0.2, 0.25) is 11.8 Å². The van der Waals surface area contributed by atoms with Crippen LogP contribution in [0.5, 0.6) is 0 Å². The minimum absolute atomic E-state index is 0.119. The highest BCUT2D eigenvalue weighted by atomic mass is 16.5. The number of methoxy groups -OCH3 is 1. The second-order valence-corrected chi connectivity index (χ2v) is 3.41. The number of hydrogen-bond donors (Lipinski definition) is 3. The van der Waals surface area contributed by atoms with E-state index in [1.54, 1.807) is 21.1 Å². The number of likely N-dealkylation sites (N-methyl/N-ethyl adjacent to an activating group) is 1. The van der Waals surface area contributed by atoms with Gasteiger partial charge in [-0.05, 0) is 13.3 Å². The largest absolute Gasteiger partial charge is 0.385 e. The monoisotopic (exact) mass is 231 g/mol. The summed E-state index contributed by atoms with van der Waals surface area (Å²) in [5.41, 5.74) is 0. The van der Waals surface area contributed by atoms with Gasteiger partial charge in [0.15, 0.2) is 0 Å². The highest BCUT2D eigenvalue weighted by Gasteiger charge is 2.11. The molecule has 0 aromatic heterocycles. The lowest BCUT2D eigenvalue weighted by Gasteiger charge is -2.11. The third-order valence-corrected chi connectivity index (χ3v) is 2.06. The van der Waals surface area contributed by atoms with E-state index in [1.165, 1.54) is 0 Å². The van der Waals surface area contributed by atoms with Crippen LogP contribution < -0.4 is 16.0 Å². The van der Waals surface area contributed by atoms with Crippen molar-refractivity contribution in [3.05, 3.63) is 0 Å². The van der Waals surface area contributed by atoms with Crippen molar-refractivity contribution in [1.82, 2.24) is 16.0 Å². The number of rotatable bonds is 8. The predicted octanol–water partition coefficient (Wildman–Crippen LogP) is -1.14. The minimum Gasteiger partial charge on any atom is -0.385 e. The molecule has 0 aliphatic rings. The summed E-state index contributed by atoms with van der Waals surface area (Å²) in [7, 11) is 3.18. The summed E-state index contributed by atoms with van der Waals surface area (Å²) in [6.45, 7) is 3.06. The average Bonchev–Trinajstić information content (AvgIpc) is 2.30. The molecule has 0 aromatic rings. The summed E-state index contributed by atoms with van der Waals surface area (Å²) in [6, 6.07) is -0.366. The molecule has 0 spiro atoms. The summed E-state index contributed by atoms with van der Waals surface area (Å²) in [4.78, 5) is 22.4. The van der Waals surface area contributed by atoms with Crippen LogP contribution in [0.15, 0.2) is 0 Å². The van der Waals surface area contributed by atoms with Gasteiger partial charge in [0, 0.05) is 27.3 Å². The molecule has 1 atom stereocenters. The molecule has 0 aliphatic carbocycles. The van der Waals surface area contributed by atoms with Gasteiger partial charge in [-0.3, -0.25) is 14.9 Å². The summed E-state index contributed by atoms with van der Waals surface area (Å²) in [5.74, 6) is -0.251. The maximum Gasteiger partial charge on any atom is 0.236 e. The van der Waals surface area contributed by atoms with Gasteiger partial charge in [0.1, 0.15) is 0 Å². The van der Waals surface area contributed by atoms with Gasteiger partial charge in [-0.25, -0.2) is 0 Å². The van der Waals surface area contributed by atoms with Crippen molar-refractivity contribution in [3.63, 3.8) is 0 Å². The molecule has 0 aliphatic heterocycles. The quantitative estimate of drug-likeness (QED) is 0.462. The molecule has 0 saturated carbocycles. The number of hydrogen-bond acceptors (Lipinski definition) is 4. The lowest BCUT2D eigenvalue weighted by Crippen LogP contribution is -2.45. The molecule has 0 radical (unpaired) electrons. The fourth-order valence-electron chi connectivity index (χ4n) is 1.06. The zero-order chi connectivity index (χ0) is 12.4. The van der Waals surface area contributed by atoms with E-state index >= 15 is 0 Å². The minimum atomic E-state index is -0.366. The van der Waals surface area contributed by atoms with E-state index in [1.807, 2.05) is 0 Å². The Morgan fingerprint density at radius 1 is 1.38 bits per heavy atom. The Morgan fingerprint density at radius 2 is 2.06 bits per heavy atom. The van der Waals surface area contributed by atoms with Crippen LogP contribution in [0.3, 0.4) is 0 Å². The summed E-state index contributed by atoms with van der Waals surface area (Å²) < 4.78 is 4.85. The fourth-order valence-corrected chi connectivity index (χ4v) is 1.06. The second kappa shape index (κ2) is 9.11. The molecule has 2 amide bonds. The Bertz CT molecular complexity index is 221. The SMILES string of the molecule is CNC(=O)C(C)NCC(=O)NCCCOC. The highest BCUT2D eigenvalue weighted by Crippen LogP contribution is 1.81. The molecule has 94 valence electrons. The van der Waals surface area contributed by atoms with Gasteiger partial charge in [-0.15, -0.1) is 0 Å². The summed E-state index contributed by atoms with van der Waals surface area (Å²) in [6.07, 6.45) is 0.785. The van der Waals surface area contributed by atoms with Crippen LogP contribution in [0, 0.1) is 0 Å². The van der Waals surface area contributed by atoms with Gasteiger partial charge in [0.25, 0.3) is 0 Å². The molecule has 0 fully saturated rings. The molecule has 0 bridgehead atoms. The maximum atomic E-state index is 11.3. The van der Waals surface area contributed by atoms with E-state index < -0.39 is 0 Å². The zero-order valence-electron chi connectivity index (χ0n) is 10.1. The smallest absolute Gasteiger partial charge is 0.236 e. The predicted molar refractivity (Wildman–Crippen MR) is 61.0 cm³/mol. The molecule has 6 heteroatoms. The number of nitrogens with one attached hydrogen (secondary N) is 3. The first-order valence-corrected chi connectivity index (χ1v) is 5.32. The first-order chi connectivity index (χ1) is 7.61. The van der Waals surface area contributed by atoms with Crippen molar-refractivity contribution in [1.29, 1.82) is 0 Å². The van der Waals surface area contributed by atoms with Crippen molar-refractivity contribution < 1.29 is 14.3 Å². The molecule has 6 nitrogen and oxygen atoms in total. The van der Waals surface area contributed by atoms with Crippen molar-refractivity contribution in [2.75, 3.05) is 33.9 Å². The first-order valence-electron chi connectivity index (χ1n) is 5.32. The van der Waals surface area contributed by atoms with Crippen LogP contribution in [0.25, 0.3) is 0 Å². The molecule has 0 aromatic carbocycles. The van der Waals surface area contributed by atoms with Gasteiger partial charge in [0.05, 0.1) is 12.6 Å². The second-order valence-electron chi connectivity index (χ2n) is 3.41. The Morgan fingerprint density at radius 3 is 2.62 bits per heavy atom. The Hall–Kier alpha value is -1.14. The average molecular weight is 231 g/mol. The van der Waals surface area contributed by atoms with Crippen LogP contribution in [0.1, 0.15) is 13.3 Å². The molecule has 16 heavy (non-hydrogen) atoms. The third-order valence-electron chi connectivity index (χ3n) is 2.06. The van der Waals surface area contributed by atoms with E-state index in [9.17, 15) is 9.59 Å². The van der Waals surface area contributed by atoms with Gasteiger partial charge in [-0.1, -0.05) is 0 Å². The van der Waals surface area contributed by atoms with Gasteiger partial charge < -0.3 is 15.4 Å². The fraction of sp³-hybridized carbons (Fsp3) is 0.800. The molecule has 0 saturated heterocycles. The molecule has 0 rings (SSSR count). The third kappa shape index (κ3) is 7.19. The van der Waals surface area contributed by atoms with Crippen LogP contribution in [-0.4, -0.2) is 51.7 Å². The molecule has 0 heterocycles. The Kier molecular flexibility index (Phi) is 8.46. The highest BCUT2D eigenvalue weighted by molar-refractivity contribution is 5.83. The number of amides is 2. The van der Waals surface area contributed by atoms with Crippen LogP contribution in [0.2, 0.25) is 0 Å². The summed E-state index contributed by atoms with van der Waals surface area (Å²) in [5, 5.41) is 8.03. The van der Waals surface area contributed by atoms with E-state index in [4.69, 9.17) is 4.74 Å². The van der Waals surface area contributed by atoms with Crippen LogP contribution in [0.4, 0.5) is 0 Å². The van der Waals surface area contributed by atoms with E-state index in [0.29, 0.717) is 13.2 Å². The zero-order valence-corrected chi connectivity index (χ0v) is 10.1. The van der Waals surface area contributed by atoms with E-state index in [0.717, 1.165) is 6.42 Å². The molecular formula is C10H21N3O3. The van der Waals surface area contributed by atoms with E-state index in [-0.39, 0.29) is 24.4 Å². The van der Waals surface area contributed by atoms with Crippen molar-refractivity contribution in [2.24, 2.45) is 0 Å². The first kappa shape index (κ1) is 14.9. The normalized spacial score (nSPS) is 11.9. The number of carbonyl (C=O) groups is 2. The topological polar surface area (TPSA) is 79.5 Å². The van der Waals surface area contributed by atoms with Crippen LogP contribution in [-0.2, 0) is 14.3 Å². The van der Waals surface area contributed by atoms with Crippen molar-refractivity contribution in [2.45, 2.75) is 19.4 Å². The molecular weight excluding hydrogens is 210 g/mol. The Labute approximate surface area is 96.1 Å². The Balaban J connectivity index is 3.53. The molecule has 1 unspecified atom stereocenters. The number of ether oxygens (including phenoxy) is 1. The standard InChI is InChI=1S/C10H21N3O3/c1-8(10(15)11-2)13-7-9(14)12-5-4-6-16-3/h8,13H,4-7H2,1-3H3,(H,11,15)(H,12,14). The van der Waals surface area contributed by atoms with E-state index in [2.05, 4.69) is 16.0 Å². The lowest BCUT2D eigenvalue weighted by molar-refractivity contribution is -0.123. The summed E-state index contributed by atoms with van der Waals surface area (Å²) >= 11 is 0. The lowest BCUT2D eigenvalue weighted by atomic mass is 10.3. The van der Waals surface area contributed by atoms with Crippen molar-refractivity contribution >= 4 is 11.8 Å². The number of carbonyl (C=O) groups excluding carboxylic acids is 2.